The largest absolute Gasteiger partial charge is 0.359 e. The first-order chi connectivity index (χ1) is 11.2. The Hall–Kier alpha value is -2.44. The van der Waals surface area contributed by atoms with Crippen molar-refractivity contribution < 1.29 is 9.32 Å². The van der Waals surface area contributed by atoms with Crippen molar-refractivity contribution in [2.45, 2.75) is 38.6 Å². The third kappa shape index (κ3) is 3.85. The lowest BCUT2D eigenvalue weighted by atomic mass is 10.1. The van der Waals surface area contributed by atoms with Crippen LogP contribution in [0.2, 0.25) is 0 Å². The molecule has 2 aromatic heterocycles. The van der Waals surface area contributed by atoms with E-state index in [1.807, 2.05) is 17.9 Å². The number of carbonyl (C=O) groups excluding carboxylic acids is 1. The van der Waals surface area contributed by atoms with Gasteiger partial charge in [-0.05, 0) is 32.3 Å². The highest BCUT2D eigenvalue weighted by Crippen LogP contribution is 2.32. The second kappa shape index (κ2) is 7.21. The molecule has 7 nitrogen and oxygen atoms in total. The zero-order valence-electron chi connectivity index (χ0n) is 13.2. The molecule has 1 N–H and O–H groups in total. The molecule has 0 aromatic carbocycles. The van der Waals surface area contributed by atoms with E-state index < -0.39 is 0 Å². The van der Waals surface area contributed by atoms with Crippen molar-refractivity contribution in [2.24, 2.45) is 0 Å². The summed E-state index contributed by atoms with van der Waals surface area (Å²) in [5.74, 6) is 1.55. The molecule has 1 fully saturated rings. The van der Waals surface area contributed by atoms with E-state index in [1.54, 1.807) is 18.5 Å². The van der Waals surface area contributed by atoms with E-state index in [0.717, 1.165) is 37.3 Å². The van der Waals surface area contributed by atoms with Crippen molar-refractivity contribution in [3.05, 3.63) is 36.0 Å². The lowest BCUT2D eigenvalue weighted by molar-refractivity contribution is -0.132. The van der Waals surface area contributed by atoms with E-state index in [-0.39, 0.29) is 11.9 Å². The van der Waals surface area contributed by atoms with Gasteiger partial charge in [-0.25, -0.2) is 9.97 Å². The number of aryl methyl sites for hydroxylation is 1. The van der Waals surface area contributed by atoms with Crippen LogP contribution in [-0.2, 0) is 4.79 Å². The molecule has 0 unspecified atom stereocenters. The van der Waals surface area contributed by atoms with Crippen molar-refractivity contribution in [1.29, 1.82) is 0 Å². The third-order valence-corrected chi connectivity index (χ3v) is 3.96. The number of amides is 1. The molecular formula is C16H21N5O2. The minimum absolute atomic E-state index is 0.0362. The summed E-state index contributed by atoms with van der Waals surface area (Å²) in [4.78, 5) is 22.5. The fraction of sp³-hybridized carbons (Fsp3) is 0.500. The van der Waals surface area contributed by atoms with E-state index in [9.17, 15) is 4.79 Å². The summed E-state index contributed by atoms with van der Waals surface area (Å²) in [5, 5.41) is 7.04. The number of nitrogens with zero attached hydrogens (tertiary/aromatic N) is 4. The molecular weight excluding hydrogens is 294 g/mol. The molecule has 1 saturated heterocycles. The van der Waals surface area contributed by atoms with E-state index in [2.05, 4.69) is 20.4 Å². The van der Waals surface area contributed by atoms with Gasteiger partial charge in [-0.2, -0.15) is 0 Å². The van der Waals surface area contributed by atoms with Crippen LogP contribution in [0.4, 0.5) is 5.95 Å². The molecule has 23 heavy (non-hydrogen) atoms. The maximum Gasteiger partial charge on any atom is 0.223 e. The number of carbonyl (C=O) groups is 1. The van der Waals surface area contributed by atoms with Gasteiger partial charge in [-0.15, -0.1) is 0 Å². The molecule has 1 amide bonds. The Kier molecular flexibility index (Phi) is 4.85. The van der Waals surface area contributed by atoms with Gasteiger partial charge in [0, 0.05) is 38.0 Å². The third-order valence-electron chi connectivity index (χ3n) is 3.96. The second-order valence-corrected chi connectivity index (χ2v) is 5.72. The van der Waals surface area contributed by atoms with E-state index >= 15 is 0 Å². The monoisotopic (exact) mass is 315 g/mol. The molecule has 2 aromatic rings. The number of nitrogens with one attached hydrogen (secondary N) is 1. The minimum Gasteiger partial charge on any atom is -0.359 e. The predicted molar refractivity (Wildman–Crippen MR) is 84.7 cm³/mol. The number of likely N-dealkylation sites (tertiary alicyclic amines) is 1. The van der Waals surface area contributed by atoms with Crippen molar-refractivity contribution >= 4 is 11.9 Å². The summed E-state index contributed by atoms with van der Waals surface area (Å²) in [6, 6.07) is 3.73. The Morgan fingerprint density at radius 1 is 1.43 bits per heavy atom. The topological polar surface area (TPSA) is 84.2 Å². The minimum atomic E-state index is 0.0362. The van der Waals surface area contributed by atoms with Crippen molar-refractivity contribution in [3.63, 3.8) is 0 Å². The van der Waals surface area contributed by atoms with E-state index in [1.165, 1.54) is 0 Å². The summed E-state index contributed by atoms with van der Waals surface area (Å²) < 4.78 is 5.34. The van der Waals surface area contributed by atoms with Gasteiger partial charge in [0.25, 0.3) is 0 Å². The van der Waals surface area contributed by atoms with Crippen LogP contribution in [0.1, 0.15) is 43.2 Å². The summed E-state index contributed by atoms with van der Waals surface area (Å²) in [6.07, 6.45) is 6.57. The zero-order chi connectivity index (χ0) is 16.1. The van der Waals surface area contributed by atoms with Gasteiger partial charge in [0.05, 0.1) is 11.7 Å². The highest BCUT2D eigenvalue weighted by atomic mass is 16.5. The van der Waals surface area contributed by atoms with Crippen molar-refractivity contribution in [2.75, 3.05) is 18.4 Å². The van der Waals surface area contributed by atoms with Crippen LogP contribution in [0.5, 0.6) is 0 Å². The standard InChI is InChI=1S/C16H21N5O2/c1-12-11-14(23-20-12)13-5-3-10-21(13)15(22)6-2-7-17-16-18-8-4-9-19-16/h4,8-9,11,13H,2-3,5-7,10H2,1H3,(H,17,18,19)/t13-/m1/s1. The molecule has 0 radical (unpaired) electrons. The van der Waals surface area contributed by atoms with Crippen LogP contribution < -0.4 is 5.32 Å². The average molecular weight is 315 g/mol. The van der Waals surface area contributed by atoms with Crippen molar-refractivity contribution in [1.82, 2.24) is 20.0 Å². The first-order valence-electron chi connectivity index (χ1n) is 7.97. The van der Waals surface area contributed by atoms with Gasteiger partial charge in [0.15, 0.2) is 5.76 Å². The number of rotatable bonds is 6. The summed E-state index contributed by atoms with van der Waals surface area (Å²) >= 11 is 0. The first kappa shape index (κ1) is 15.5. The van der Waals surface area contributed by atoms with Crippen LogP contribution >= 0.6 is 0 Å². The smallest absolute Gasteiger partial charge is 0.223 e. The van der Waals surface area contributed by atoms with Gasteiger partial charge in [0.2, 0.25) is 11.9 Å². The lowest BCUT2D eigenvalue weighted by Gasteiger charge is -2.22. The fourth-order valence-electron chi connectivity index (χ4n) is 2.88. The van der Waals surface area contributed by atoms with Gasteiger partial charge < -0.3 is 14.7 Å². The molecule has 0 aliphatic carbocycles. The molecule has 122 valence electrons. The van der Waals surface area contributed by atoms with Gasteiger partial charge in [0.1, 0.15) is 0 Å². The fourth-order valence-corrected chi connectivity index (χ4v) is 2.88. The first-order valence-corrected chi connectivity index (χ1v) is 7.97. The summed E-state index contributed by atoms with van der Waals surface area (Å²) in [6.45, 7) is 3.36. The second-order valence-electron chi connectivity index (χ2n) is 5.72. The Morgan fingerprint density at radius 3 is 3.00 bits per heavy atom. The van der Waals surface area contributed by atoms with Gasteiger partial charge in [-0.1, -0.05) is 5.16 Å². The lowest BCUT2D eigenvalue weighted by Crippen LogP contribution is -2.30. The van der Waals surface area contributed by atoms with Crippen LogP contribution in [-0.4, -0.2) is 39.0 Å². The van der Waals surface area contributed by atoms with Gasteiger partial charge in [-0.3, -0.25) is 4.79 Å². The Balaban J connectivity index is 1.47. The molecule has 0 saturated carbocycles. The number of anilines is 1. The average Bonchev–Trinajstić information content (AvgIpc) is 3.21. The summed E-state index contributed by atoms with van der Waals surface area (Å²) in [7, 11) is 0. The molecule has 0 bridgehead atoms. The molecule has 7 heteroatoms. The molecule has 1 aliphatic heterocycles. The van der Waals surface area contributed by atoms with Crippen LogP contribution in [0.25, 0.3) is 0 Å². The van der Waals surface area contributed by atoms with Crippen LogP contribution in [0.15, 0.2) is 29.0 Å². The molecule has 3 rings (SSSR count). The number of hydrogen-bond acceptors (Lipinski definition) is 6. The highest BCUT2D eigenvalue weighted by Gasteiger charge is 2.32. The molecule has 3 heterocycles. The Labute approximate surface area is 135 Å². The van der Waals surface area contributed by atoms with Crippen LogP contribution in [0, 0.1) is 6.92 Å². The molecule has 1 atom stereocenters. The zero-order valence-corrected chi connectivity index (χ0v) is 13.2. The quantitative estimate of drug-likeness (QED) is 0.824. The molecule has 0 spiro atoms. The maximum absolute atomic E-state index is 12.5. The van der Waals surface area contributed by atoms with E-state index in [4.69, 9.17) is 4.52 Å². The SMILES string of the molecule is Cc1cc([C@H]2CCCN2C(=O)CCCNc2ncccn2)on1. The summed E-state index contributed by atoms with van der Waals surface area (Å²) in [5.41, 5.74) is 0.853. The number of aromatic nitrogens is 3. The maximum atomic E-state index is 12.5. The number of hydrogen-bond donors (Lipinski definition) is 1. The van der Waals surface area contributed by atoms with Crippen LogP contribution in [0.3, 0.4) is 0 Å². The highest BCUT2D eigenvalue weighted by molar-refractivity contribution is 5.77. The Morgan fingerprint density at radius 2 is 2.26 bits per heavy atom. The molecule has 1 aliphatic rings. The Bertz CT molecular complexity index is 643. The van der Waals surface area contributed by atoms with Gasteiger partial charge >= 0.3 is 0 Å². The predicted octanol–water partition coefficient (Wildman–Crippen LogP) is 2.33. The normalized spacial score (nSPS) is 17.4. The van der Waals surface area contributed by atoms with Crippen molar-refractivity contribution in [3.8, 4) is 0 Å². The van der Waals surface area contributed by atoms with E-state index in [0.29, 0.717) is 18.9 Å².